The first-order chi connectivity index (χ1) is 8.26. The summed E-state index contributed by atoms with van der Waals surface area (Å²) in [5, 5.41) is 0.337. The molecule has 18 heavy (non-hydrogen) atoms. The zero-order valence-electron chi connectivity index (χ0n) is 13.1. The minimum Gasteiger partial charge on any atom is -0.417 e. The number of hydrogen-bond donors (Lipinski definition) is 1. The summed E-state index contributed by atoms with van der Waals surface area (Å²) in [5.74, 6) is 1.69. The maximum Gasteiger partial charge on any atom is 0.191 e. The molecule has 108 valence electrons. The molecule has 0 aromatic carbocycles. The van der Waals surface area contributed by atoms with Gasteiger partial charge in [0.1, 0.15) is 0 Å². The van der Waals surface area contributed by atoms with Gasteiger partial charge in [-0.05, 0) is 55.8 Å². The topological polar surface area (TPSA) is 35.2 Å². The SMILES string of the molecule is CC(C)(C)[Si](C)(C)OCC1CCC(CCN)CC1. The summed E-state index contributed by atoms with van der Waals surface area (Å²) in [6.07, 6.45) is 6.64. The van der Waals surface area contributed by atoms with Gasteiger partial charge in [-0.3, -0.25) is 0 Å². The third-order valence-electron chi connectivity index (χ3n) is 5.03. The predicted molar refractivity (Wildman–Crippen MR) is 82.3 cm³/mol. The van der Waals surface area contributed by atoms with E-state index >= 15 is 0 Å². The molecule has 1 saturated carbocycles. The van der Waals surface area contributed by atoms with E-state index in [0.29, 0.717) is 5.04 Å². The number of nitrogens with two attached hydrogens (primary N) is 1. The van der Waals surface area contributed by atoms with E-state index in [2.05, 4.69) is 33.9 Å². The molecule has 0 spiro atoms. The summed E-state index contributed by atoms with van der Waals surface area (Å²) < 4.78 is 6.34. The van der Waals surface area contributed by atoms with Crippen LogP contribution in [0.4, 0.5) is 0 Å². The molecule has 0 bridgehead atoms. The van der Waals surface area contributed by atoms with Crippen molar-refractivity contribution in [1.82, 2.24) is 0 Å². The van der Waals surface area contributed by atoms with Gasteiger partial charge in [0, 0.05) is 6.61 Å². The Labute approximate surface area is 115 Å². The van der Waals surface area contributed by atoms with E-state index in [9.17, 15) is 0 Å². The molecular weight excluding hydrogens is 238 g/mol. The van der Waals surface area contributed by atoms with Crippen molar-refractivity contribution in [2.45, 2.75) is 71.0 Å². The van der Waals surface area contributed by atoms with E-state index in [-0.39, 0.29) is 0 Å². The number of hydrogen-bond acceptors (Lipinski definition) is 2. The maximum atomic E-state index is 6.34. The van der Waals surface area contributed by atoms with Gasteiger partial charge < -0.3 is 10.2 Å². The molecule has 1 fully saturated rings. The molecule has 0 heterocycles. The summed E-state index contributed by atoms with van der Waals surface area (Å²) in [6.45, 7) is 13.5. The van der Waals surface area contributed by atoms with E-state index in [1.54, 1.807) is 0 Å². The van der Waals surface area contributed by atoms with Crippen molar-refractivity contribution < 1.29 is 4.43 Å². The highest BCUT2D eigenvalue weighted by Crippen LogP contribution is 2.38. The largest absolute Gasteiger partial charge is 0.417 e. The van der Waals surface area contributed by atoms with Gasteiger partial charge in [0.25, 0.3) is 0 Å². The molecule has 0 aromatic rings. The van der Waals surface area contributed by atoms with Gasteiger partial charge in [-0.25, -0.2) is 0 Å². The molecule has 0 atom stereocenters. The van der Waals surface area contributed by atoms with E-state index < -0.39 is 8.32 Å². The minimum absolute atomic E-state index is 0.337. The van der Waals surface area contributed by atoms with Crippen LogP contribution in [0.1, 0.15) is 52.9 Å². The van der Waals surface area contributed by atoms with Crippen molar-refractivity contribution in [3.8, 4) is 0 Å². The Balaban J connectivity index is 2.30. The molecule has 2 nitrogen and oxygen atoms in total. The van der Waals surface area contributed by atoms with Crippen molar-refractivity contribution in [3.05, 3.63) is 0 Å². The van der Waals surface area contributed by atoms with Gasteiger partial charge in [-0.2, -0.15) is 0 Å². The number of rotatable bonds is 5. The second-order valence-electron chi connectivity index (χ2n) is 7.54. The Kier molecular flexibility index (Phi) is 5.88. The molecule has 1 rings (SSSR count). The first kappa shape index (κ1) is 16.2. The molecule has 0 aromatic heterocycles. The zero-order valence-corrected chi connectivity index (χ0v) is 14.1. The Morgan fingerprint density at radius 1 is 1.06 bits per heavy atom. The Morgan fingerprint density at radius 3 is 2.00 bits per heavy atom. The second-order valence-corrected chi connectivity index (χ2v) is 12.3. The predicted octanol–water partition coefficient (Wildman–Crippen LogP) is 4.16. The van der Waals surface area contributed by atoms with Crippen LogP contribution in [0.25, 0.3) is 0 Å². The van der Waals surface area contributed by atoms with Gasteiger partial charge >= 0.3 is 0 Å². The lowest BCUT2D eigenvalue weighted by Crippen LogP contribution is -2.42. The summed E-state index contributed by atoms with van der Waals surface area (Å²) in [4.78, 5) is 0. The average Bonchev–Trinajstić information content (AvgIpc) is 2.27. The van der Waals surface area contributed by atoms with Crippen LogP contribution in [0.15, 0.2) is 0 Å². The molecular formula is C15H33NOSi. The molecule has 0 amide bonds. The quantitative estimate of drug-likeness (QED) is 0.762. The fourth-order valence-electron chi connectivity index (χ4n) is 2.47. The summed E-state index contributed by atoms with van der Waals surface area (Å²) >= 11 is 0. The first-order valence-corrected chi connectivity index (χ1v) is 10.5. The van der Waals surface area contributed by atoms with Gasteiger partial charge in [-0.1, -0.05) is 33.6 Å². The molecule has 0 radical (unpaired) electrons. The van der Waals surface area contributed by atoms with Crippen molar-refractivity contribution in [1.29, 1.82) is 0 Å². The van der Waals surface area contributed by atoms with Crippen LogP contribution in [0.5, 0.6) is 0 Å². The first-order valence-electron chi connectivity index (χ1n) is 7.60. The highest BCUT2D eigenvalue weighted by Gasteiger charge is 2.37. The van der Waals surface area contributed by atoms with Gasteiger partial charge in [0.05, 0.1) is 0 Å². The van der Waals surface area contributed by atoms with Gasteiger partial charge in [0.15, 0.2) is 8.32 Å². The lowest BCUT2D eigenvalue weighted by Gasteiger charge is -2.38. The Morgan fingerprint density at radius 2 is 1.56 bits per heavy atom. The summed E-state index contributed by atoms with van der Waals surface area (Å²) in [6, 6.07) is 0. The van der Waals surface area contributed by atoms with Crippen LogP contribution in [-0.2, 0) is 4.43 Å². The maximum absolute atomic E-state index is 6.34. The van der Waals surface area contributed by atoms with Crippen molar-refractivity contribution >= 4 is 8.32 Å². The Bertz CT molecular complexity index is 239. The minimum atomic E-state index is -1.54. The summed E-state index contributed by atoms with van der Waals surface area (Å²) in [5.41, 5.74) is 5.64. The second kappa shape index (κ2) is 6.53. The highest BCUT2D eigenvalue weighted by molar-refractivity contribution is 6.74. The van der Waals surface area contributed by atoms with Crippen LogP contribution in [-0.4, -0.2) is 21.5 Å². The average molecular weight is 272 g/mol. The van der Waals surface area contributed by atoms with E-state index in [0.717, 1.165) is 25.0 Å². The zero-order chi connectivity index (χ0) is 13.8. The van der Waals surface area contributed by atoms with Gasteiger partial charge in [0.2, 0.25) is 0 Å². The third kappa shape index (κ3) is 4.67. The van der Waals surface area contributed by atoms with E-state index in [4.69, 9.17) is 10.2 Å². The van der Waals surface area contributed by atoms with Crippen LogP contribution in [0.2, 0.25) is 18.1 Å². The third-order valence-corrected chi connectivity index (χ3v) is 9.53. The summed E-state index contributed by atoms with van der Waals surface area (Å²) in [7, 11) is -1.54. The van der Waals surface area contributed by atoms with Crippen LogP contribution in [0.3, 0.4) is 0 Å². The van der Waals surface area contributed by atoms with Crippen LogP contribution >= 0.6 is 0 Å². The lowest BCUT2D eigenvalue weighted by molar-refractivity contribution is 0.168. The fraction of sp³-hybridized carbons (Fsp3) is 1.00. The van der Waals surface area contributed by atoms with Crippen LogP contribution in [0, 0.1) is 11.8 Å². The highest BCUT2D eigenvalue weighted by atomic mass is 28.4. The van der Waals surface area contributed by atoms with Gasteiger partial charge in [-0.15, -0.1) is 0 Å². The van der Waals surface area contributed by atoms with E-state index in [1.807, 2.05) is 0 Å². The molecule has 1 aliphatic rings. The van der Waals surface area contributed by atoms with Crippen molar-refractivity contribution in [3.63, 3.8) is 0 Å². The van der Waals surface area contributed by atoms with E-state index in [1.165, 1.54) is 32.1 Å². The smallest absolute Gasteiger partial charge is 0.191 e. The normalized spacial score (nSPS) is 26.3. The standard InChI is InChI=1S/C15H33NOSi/c1-15(2,3)18(4,5)17-12-14-8-6-13(7-9-14)10-11-16/h13-14H,6-12,16H2,1-5H3. The molecule has 0 saturated heterocycles. The molecule has 0 aliphatic heterocycles. The fourth-order valence-corrected chi connectivity index (χ4v) is 3.55. The molecule has 1 aliphatic carbocycles. The monoisotopic (exact) mass is 271 g/mol. The lowest BCUT2D eigenvalue weighted by atomic mass is 9.81. The molecule has 0 unspecified atom stereocenters. The van der Waals surface area contributed by atoms with Crippen molar-refractivity contribution in [2.24, 2.45) is 17.6 Å². The van der Waals surface area contributed by atoms with Crippen molar-refractivity contribution in [2.75, 3.05) is 13.2 Å². The Hall–Kier alpha value is 0.137. The molecule has 3 heteroatoms. The van der Waals surface area contributed by atoms with Crippen LogP contribution < -0.4 is 5.73 Å². The molecule has 2 N–H and O–H groups in total.